The summed E-state index contributed by atoms with van der Waals surface area (Å²) in [5, 5.41) is 11.8. The fraction of sp³-hybridized carbons (Fsp3) is 0.417. The fourth-order valence-corrected chi connectivity index (χ4v) is 2.28. The van der Waals surface area contributed by atoms with E-state index in [-0.39, 0.29) is 18.7 Å². The summed E-state index contributed by atoms with van der Waals surface area (Å²) in [5.74, 6) is -3.81. The summed E-state index contributed by atoms with van der Waals surface area (Å²) in [5.41, 5.74) is -1.17. The molecule has 1 saturated heterocycles. The van der Waals surface area contributed by atoms with Gasteiger partial charge in [0.05, 0.1) is 11.5 Å². The molecule has 0 bridgehead atoms. The number of halogens is 4. The van der Waals surface area contributed by atoms with Gasteiger partial charge in [0.1, 0.15) is 5.82 Å². The monoisotopic (exact) mass is 277 g/mol. The molecule has 2 rings (SSSR count). The molecule has 1 aromatic rings. The summed E-state index contributed by atoms with van der Waals surface area (Å²) >= 11 is 0. The van der Waals surface area contributed by atoms with E-state index < -0.39 is 35.4 Å². The number of hydrogen-bond donors (Lipinski definition) is 2. The lowest BCUT2D eigenvalue weighted by molar-refractivity contribution is -0.141. The van der Waals surface area contributed by atoms with Crippen LogP contribution in [0, 0.1) is 11.7 Å². The van der Waals surface area contributed by atoms with Crippen molar-refractivity contribution in [1.82, 2.24) is 5.32 Å². The van der Waals surface area contributed by atoms with E-state index in [2.05, 4.69) is 5.32 Å². The van der Waals surface area contributed by atoms with Crippen LogP contribution in [0.5, 0.6) is 0 Å². The molecule has 1 aliphatic rings. The Hall–Kier alpha value is -1.63. The Morgan fingerprint density at radius 2 is 2.00 bits per heavy atom. The van der Waals surface area contributed by atoms with Gasteiger partial charge in [-0.15, -0.1) is 0 Å². The van der Waals surface area contributed by atoms with Gasteiger partial charge in [0.15, 0.2) is 0 Å². The Morgan fingerprint density at radius 3 is 2.58 bits per heavy atom. The molecule has 1 heterocycles. The first-order chi connectivity index (χ1) is 8.80. The van der Waals surface area contributed by atoms with Gasteiger partial charge in [-0.1, -0.05) is 6.07 Å². The molecule has 0 amide bonds. The van der Waals surface area contributed by atoms with Crippen molar-refractivity contribution in [3.63, 3.8) is 0 Å². The van der Waals surface area contributed by atoms with Gasteiger partial charge in [-0.25, -0.2) is 4.39 Å². The SMILES string of the molecule is O=C(O)C1CNCC1c1ccc(F)c(C(F)(F)F)c1. The maximum Gasteiger partial charge on any atom is 0.419 e. The highest BCUT2D eigenvalue weighted by Gasteiger charge is 2.38. The third-order valence-electron chi connectivity index (χ3n) is 3.26. The zero-order chi connectivity index (χ0) is 14.2. The minimum absolute atomic E-state index is 0.186. The average molecular weight is 277 g/mol. The van der Waals surface area contributed by atoms with Crippen LogP contribution in [0.3, 0.4) is 0 Å². The zero-order valence-electron chi connectivity index (χ0n) is 9.67. The number of hydrogen-bond acceptors (Lipinski definition) is 2. The van der Waals surface area contributed by atoms with Crippen LogP contribution in [0.1, 0.15) is 17.0 Å². The third kappa shape index (κ3) is 2.70. The molecule has 2 N–H and O–H groups in total. The Bertz CT molecular complexity index is 501. The highest BCUT2D eigenvalue weighted by molar-refractivity contribution is 5.72. The Labute approximate surface area is 106 Å². The first-order valence-electron chi connectivity index (χ1n) is 5.61. The molecule has 2 unspecified atom stereocenters. The lowest BCUT2D eigenvalue weighted by Crippen LogP contribution is -2.21. The fourth-order valence-electron chi connectivity index (χ4n) is 2.28. The van der Waals surface area contributed by atoms with Crippen LogP contribution < -0.4 is 5.32 Å². The normalized spacial score (nSPS) is 23.6. The van der Waals surface area contributed by atoms with E-state index in [1.54, 1.807) is 0 Å². The minimum atomic E-state index is -4.79. The number of alkyl halides is 3. The maximum absolute atomic E-state index is 13.2. The molecular weight excluding hydrogens is 266 g/mol. The Kier molecular flexibility index (Phi) is 3.49. The van der Waals surface area contributed by atoms with Crippen molar-refractivity contribution in [3.8, 4) is 0 Å². The van der Waals surface area contributed by atoms with Crippen molar-refractivity contribution in [2.24, 2.45) is 5.92 Å². The molecule has 3 nitrogen and oxygen atoms in total. The first-order valence-corrected chi connectivity index (χ1v) is 5.61. The van der Waals surface area contributed by atoms with Crippen molar-refractivity contribution >= 4 is 5.97 Å². The van der Waals surface area contributed by atoms with Crippen LogP contribution in [0.15, 0.2) is 18.2 Å². The molecule has 0 spiro atoms. The van der Waals surface area contributed by atoms with Gasteiger partial charge >= 0.3 is 12.1 Å². The van der Waals surface area contributed by atoms with Crippen molar-refractivity contribution in [2.75, 3.05) is 13.1 Å². The van der Waals surface area contributed by atoms with Gasteiger partial charge in [-0.3, -0.25) is 4.79 Å². The van der Waals surface area contributed by atoms with E-state index >= 15 is 0 Å². The van der Waals surface area contributed by atoms with Gasteiger partial charge < -0.3 is 10.4 Å². The molecule has 0 saturated carbocycles. The summed E-state index contributed by atoms with van der Waals surface area (Å²) in [4.78, 5) is 11.0. The van der Waals surface area contributed by atoms with Gasteiger partial charge in [0.25, 0.3) is 0 Å². The molecule has 19 heavy (non-hydrogen) atoms. The summed E-state index contributed by atoms with van der Waals surface area (Å²) in [7, 11) is 0. The van der Waals surface area contributed by atoms with Crippen molar-refractivity contribution in [3.05, 3.63) is 35.1 Å². The number of carboxylic acids is 1. The number of rotatable bonds is 2. The maximum atomic E-state index is 13.2. The van der Waals surface area contributed by atoms with Crippen LogP contribution in [0.4, 0.5) is 17.6 Å². The molecule has 0 radical (unpaired) electrons. The van der Waals surface area contributed by atoms with Gasteiger partial charge in [-0.2, -0.15) is 13.2 Å². The van der Waals surface area contributed by atoms with Crippen molar-refractivity contribution in [2.45, 2.75) is 12.1 Å². The highest BCUT2D eigenvalue weighted by Crippen LogP contribution is 2.35. The number of carboxylic acid groups (broad SMARTS) is 1. The lowest BCUT2D eigenvalue weighted by atomic mass is 9.88. The lowest BCUT2D eigenvalue weighted by Gasteiger charge is -2.17. The smallest absolute Gasteiger partial charge is 0.419 e. The summed E-state index contributed by atoms with van der Waals surface area (Å²) in [6.07, 6.45) is -4.79. The Morgan fingerprint density at radius 1 is 1.32 bits per heavy atom. The largest absolute Gasteiger partial charge is 0.481 e. The van der Waals surface area contributed by atoms with E-state index in [9.17, 15) is 22.4 Å². The van der Waals surface area contributed by atoms with Crippen LogP contribution in [-0.4, -0.2) is 24.2 Å². The van der Waals surface area contributed by atoms with Crippen LogP contribution in [0.2, 0.25) is 0 Å². The Balaban J connectivity index is 2.38. The molecule has 0 aromatic heterocycles. The number of nitrogens with one attached hydrogen (secondary N) is 1. The van der Waals surface area contributed by atoms with Gasteiger partial charge in [0.2, 0.25) is 0 Å². The van der Waals surface area contributed by atoms with Gasteiger partial charge in [0, 0.05) is 19.0 Å². The molecule has 7 heteroatoms. The molecule has 1 aliphatic heterocycles. The van der Waals surface area contributed by atoms with E-state index in [4.69, 9.17) is 5.11 Å². The second-order valence-corrected chi connectivity index (χ2v) is 4.45. The second-order valence-electron chi connectivity index (χ2n) is 4.45. The van der Waals surface area contributed by atoms with Crippen molar-refractivity contribution < 1.29 is 27.5 Å². The minimum Gasteiger partial charge on any atom is -0.481 e. The van der Waals surface area contributed by atoms with E-state index in [0.29, 0.717) is 6.07 Å². The summed E-state index contributed by atoms with van der Waals surface area (Å²) in [6.45, 7) is 0.457. The quantitative estimate of drug-likeness (QED) is 0.815. The highest BCUT2D eigenvalue weighted by atomic mass is 19.4. The van der Waals surface area contributed by atoms with Crippen molar-refractivity contribution in [1.29, 1.82) is 0 Å². The van der Waals surface area contributed by atoms with E-state index in [1.165, 1.54) is 6.07 Å². The molecular formula is C12H11F4NO2. The molecule has 0 aliphatic carbocycles. The van der Waals surface area contributed by atoms with Crippen LogP contribution in [-0.2, 0) is 11.0 Å². The van der Waals surface area contributed by atoms with Crippen LogP contribution in [0.25, 0.3) is 0 Å². The zero-order valence-corrected chi connectivity index (χ0v) is 9.67. The number of aliphatic carboxylic acids is 1. The second kappa shape index (κ2) is 4.80. The predicted molar refractivity (Wildman–Crippen MR) is 58.1 cm³/mol. The first kappa shape index (κ1) is 13.8. The average Bonchev–Trinajstić information content (AvgIpc) is 2.77. The molecule has 2 atom stereocenters. The standard InChI is InChI=1S/C12H11F4NO2/c13-10-2-1-6(3-9(10)12(14,15)16)7-4-17-5-8(7)11(18)19/h1-3,7-8,17H,4-5H2,(H,18,19). The summed E-state index contributed by atoms with van der Waals surface area (Å²) in [6, 6.07) is 2.64. The number of carbonyl (C=O) groups is 1. The van der Waals surface area contributed by atoms with E-state index in [1.807, 2.05) is 0 Å². The number of benzene rings is 1. The molecule has 104 valence electrons. The van der Waals surface area contributed by atoms with E-state index in [0.717, 1.165) is 6.07 Å². The molecule has 1 aromatic carbocycles. The third-order valence-corrected chi connectivity index (χ3v) is 3.26. The topological polar surface area (TPSA) is 49.3 Å². The van der Waals surface area contributed by atoms with Gasteiger partial charge in [-0.05, 0) is 17.7 Å². The predicted octanol–water partition coefficient (Wildman–Crippen LogP) is 2.23. The summed E-state index contributed by atoms with van der Waals surface area (Å²) < 4.78 is 51.0. The molecule has 1 fully saturated rings. The van der Waals surface area contributed by atoms with Crippen LogP contribution >= 0.6 is 0 Å².